The number of nitrogens with zero attached hydrogens (tertiary/aromatic N) is 3. The zero-order valence-electron chi connectivity index (χ0n) is 11.2. The number of aryl methyl sites for hydroxylation is 3. The van der Waals surface area contributed by atoms with Gasteiger partial charge in [0, 0.05) is 12.7 Å². The van der Waals surface area contributed by atoms with E-state index in [0.717, 1.165) is 34.2 Å². The molecule has 1 aromatic carbocycles. The molecule has 0 fully saturated rings. The van der Waals surface area contributed by atoms with Crippen molar-refractivity contribution in [2.24, 2.45) is 7.05 Å². The van der Waals surface area contributed by atoms with Gasteiger partial charge in [-0.3, -0.25) is 0 Å². The molecule has 0 radical (unpaired) electrons. The van der Waals surface area contributed by atoms with E-state index in [0.29, 0.717) is 6.61 Å². The predicted octanol–water partition coefficient (Wildman–Crippen LogP) is 1.90. The van der Waals surface area contributed by atoms with Gasteiger partial charge in [0.1, 0.15) is 18.2 Å². The summed E-state index contributed by atoms with van der Waals surface area (Å²) in [5, 5.41) is 8.06. The highest BCUT2D eigenvalue weighted by Gasteiger charge is 2.08. The number of nitrogens with two attached hydrogens (primary N) is 1. The van der Waals surface area contributed by atoms with Crippen molar-refractivity contribution in [3.05, 3.63) is 34.9 Å². The van der Waals surface area contributed by atoms with Crippen LogP contribution in [0.4, 0.5) is 5.69 Å². The lowest BCUT2D eigenvalue weighted by Crippen LogP contribution is -2.05. The van der Waals surface area contributed by atoms with E-state index in [-0.39, 0.29) is 0 Å². The van der Waals surface area contributed by atoms with Crippen LogP contribution in [-0.2, 0) is 13.7 Å². The van der Waals surface area contributed by atoms with Gasteiger partial charge in [0.15, 0.2) is 5.82 Å². The summed E-state index contributed by atoms with van der Waals surface area (Å²) in [6, 6.07) is 3.88. The van der Waals surface area contributed by atoms with Crippen LogP contribution in [0.15, 0.2) is 12.1 Å². The molecule has 18 heavy (non-hydrogen) atoms. The molecule has 0 unspecified atom stereocenters. The Balaban J connectivity index is 2.16. The van der Waals surface area contributed by atoms with E-state index < -0.39 is 0 Å². The van der Waals surface area contributed by atoms with Crippen molar-refractivity contribution in [2.45, 2.75) is 27.4 Å². The summed E-state index contributed by atoms with van der Waals surface area (Å²) in [4.78, 5) is 0. The van der Waals surface area contributed by atoms with E-state index in [1.165, 1.54) is 0 Å². The van der Waals surface area contributed by atoms with E-state index in [4.69, 9.17) is 10.5 Å². The van der Waals surface area contributed by atoms with E-state index in [2.05, 4.69) is 10.2 Å². The van der Waals surface area contributed by atoms with Crippen LogP contribution in [0.2, 0.25) is 0 Å². The number of anilines is 1. The topological polar surface area (TPSA) is 66.0 Å². The monoisotopic (exact) mass is 246 g/mol. The minimum absolute atomic E-state index is 0.404. The number of hydrogen-bond acceptors (Lipinski definition) is 4. The molecular weight excluding hydrogens is 228 g/mol. The molecule has 0 aliphatic carbocycles. The van der Waals surface area contributed by atoms with Gasteiger partial charge in [0.2, 0.25) is 0 Å². The summed E-state index contributed by atoms with van der Waals surface area (Å²) < 4.78 is 7.69. The Bertz CT molecular complexity index is 575. The minimum atomic E-state index is 0.404. The molecule has 2 rings (SSSR count). The van der Waals surface area contributed by atoms with E-state index in [1.807, 2.05) is 44.5 Å². The maximum Gasteiger partial charge on any atom is 0.170 e. The molecule has 0 saturated carbocycles. The van der Waals surface area contributed by atoms with Gasteiger partial charge >= 0.3 is 0 Å². The second-order valence-electron chi connectivity index (χ2n) is 4.49. The molecule has 5 nitrogen and oxygen atoms in total. The van der Waals surface area contributed by atoms with Crippen molar-refractivity contribution in [3.63, 3.8) is 0 Å². The number of benzene rings is 1. The zero-order chi connectivity index (χ0) is 13.3. The Morgan fingerprint density at radius 2 is 1.89 bits per heavy atom. The molecule has 0 aliphatic rings. The SMILES string of the molecule is Cc1cc(OCc2nnc(C)n2C)c(C)cc1N. The third-order valence-corrected chi connectivity index (χ3v) is 3.10. The molecule has 1 aromatic heterocycles. The predicted molar refractivity (Wildman–Crippen MR) is 70.4 cm³/mol. The first-order valence-corrected chi connectivity index (χ1v) is 5.83. The third kappa shape index (κ3) is 2.30. The third-order valence-electron chi connectivity index (χ3n) is 3.10. The van der Waals surface area contributed by atoms with Gasteiger partial charge in [-0.05, 0) is 44.0 Å². The van der Waals surface area contributed by atoms with Crippen molar-refractivity contribution in [2.75, 3.05) is 5.73 Å². The van der Waals surface area contributed by atoms with Gasteiger partial charge in [-0.1, -0.05) is 0 Å². The van der Waals surface area contributed by atoms with E-state index >= 15 is 0 Å². The average Bonchev–Trinajstić information content (AvgIpc) is 2.63. The molecule has 0 aliphatic heterocycles. The fourth-order valence-electron chi connectivity index (χ4n) is 1.69. The van der Waals surface area contributed by atoms with Crippen LogP contribution in [0.25, 0.3) is 0 Å². The molecule has 5 heteroatoms. The summed E-state index contributed by atoms with van der Waals surface area (Å²) >= 11 is 0. The number of ether oxygens (including phenoxy) is 1. The van der Waals surface area contributed by atoms with Gasteiger partial charge in [-0.25, -0.2) is 0 Å². The minimum Gasteiger partial charge on any atom is -0.485 e. The first-order chi connectivity index (χ1) is 8.49. The molecule has 0 amide bonds. The van der Waals surface area contributed by atoms with Crippen LogP contribution in [0.1, 0.15) is 22.8 Å². The fourth-order valence-corrected chi connectivity index (χ4v) is 1.69. The van der Waals surface area contributed by atoms with Crippen molar-refractivity contribution < 1.29 is 4.74 Å². The molecule has 1 heterocycles. The Labute approximate surface area is 107 Å². The summed E-state index contributed by atoms with van der Waals surface area (Å²) in [7, 11) is 1.93. The number of hydrogen-bond donors (Lipinski definition) is 1. The lowest BCUT2D eigenvalue weighted by Gasteiger charge is -2.11. The molecule has 0 atom stereocenters. The smallest absolute Gasteiger partial charge is 0.170 e. The Kier molecular flexibility index (Phi) is 3.23. The molecule has 2 N–H and O–H groups in total. The Hall–Kier alpha value is -2.04. The van der Waals surface area contributed by atoms with Gasteiger partial charge < -0.3 is 15.0 Å². The molecule has 96 valence electrons. The zero-order valence-corrected chi connectivity index (χ0v) is 11.2. The second-order valence-corrected chi connectivity index (χ2v) is 4.49. The first-order valence-electron chi connectivity index (χ1n) is 5.83. The number of aromatic nitrogens is 3. The van der Waals surface area contributed by atoms with Crippen molar-refractivity contribution in [1.82, 2.24) is 14.8 Å². The van der Waals surface area contributed by atoms with Crippen LogP contribution in [0.5, 0.6) is 5.75 Å². The molecule has 0 spiro atoms. The summed E-state index contributed by atoms with van der Waals surface area (Å²) in [5.41, 5.74) is 8.67. The number of rotatable bonds is 3. The highest BCUT2D eigenvalue weighted by Crippen LogP contribution is 2.24. The maximum atomic E-state index is 5.84. The van der Waals surface area contributed by atoms with Crippen LogP contribution in [-0.4, -0.2) is 14.8 Å². The van der Waals surface area contributed by atoms with Crippen LogP contribution < -0.4 is 10.5 Å². The lowest BCUT2D eigenvalue weighted by atomic mass is 10.1. The van der Waals surface area contributed by atoms with Crippen LogP contribution in [0.3, 0.4) is 0 Å². The van der Waals surface area contributed by atoms with Crippen molar-refractivity contribution in [3.8, 4) is 5.75 Å². The van der Waals surface area contributed by atoms with Crippen LogP contribution in [0, 0.1) is 20.8 Å². The summed E-state index contributed by atoms with van der Waals surface area (Å²) in [5.74, 6) is 2.52. The van der Waals surface area contributed by atoms with Crippen molar-refractivity contribution >= 4 is 5.69 Å². The standard InChI is InChI=1S/C13H18N4O/c1-8-6-12(9(2)5-11(8)14)18-7-13-16-15-10(3)17(13)4/h5-6H,7,14H2,1-4H3. The molecule has 2 aromatic rings. The van der Waals surface area contributed by atoms with Gasteiger partial charge in [-0.15, -0.1) is 10.2 Å². The Morgan fingerprint density at radius 3 is 2.50 bits per heavy atom. The first kappa shape index (κ1) is 12.4. The largest absolute Gasteiger partial charge is 0.485 e. The highest BCUT2D eigenvalue weighted by atomic mass is 16.5. The van der Waals surface area contributed by atoms with Gasteiger partial charge in [0.05, 0.1) is 0 Å². The molecule has 0 bridgehead atoms. The number of nitrogen functional groups attached to an aromatic ring is 1. The van der Waals surface area contributed by atoms with Gasteiger partial charge in [-0.2, -0.15) is 0 Å². The second kappa shape index (κ2) is 4.68. The van der Waals surface area contributed by atoms with Gasteiger partial charge in [0.25, 0.3) is 0 Å². The summed E-state index contributed by atoms with van der Waals surface area (Å²) in [6.07, 6.45) is 0. The lowest BCUT2D eigenvalue weighted by molar-refractivity contribution is 0.289. The molecule has 0 saturated heterocycles. The quantitative estimate of drug-likeness (QED) is 0.840. The van der Waals surface area contributed by atoms with Crippen molar-refractivity contribution in [1.29, 1.82) is 0 Å². The van der Waals surface area contributed by atoms with E-state index in [9.17, 15) is 0 Å². The summed E-state index contributed by atoms with van der Waals surface area (Å²) in [6.45, 7) is 6.26. The highest BCUT2D eigenvalue weighted by molar-refractivity contribution is 5.53. The van der Waals surface area contributed by atoms with E-state index in [1.54, 1.807) is 0 Å². The van der Waals surface area contributed by atoms with Crippen LogP contribution >= 0.6 is 0 Å². The fraction of sp³-hybridized carbons (Fsp3) is 0.385. The Morgan fingerprint density at radius 1 is 1.17 bits per heavy atom. The average molecular weight is 246 g/mol. The molecular formula is C13H18N4O. The maximum absolute atomic E-state index is 5.84. The normalized spacial score (nSPS) is 10.7.